The number of thioether (sulfide) groups is 1. The summed E-state index contributed by atoms with van der Waals surface area (Å²) in [4.78, 5) is 38.2. The fourth-order valence-corrected chi connectivity index (χ4v) is 5.14. The highest BCUT2D eigenvalue weighted by Gasteiger charge is 2.45. The van der Waals surface area contributed by atoms with E-state index < -0.39 is 23.7 Å². The van der Waals surface area contributed by atoms with Gasteiger partial charge in [0.1, 0.15) is 5.92 Å². The number of nitrogens with zero attached hydrogens (tertiary/aromatic N) is 1. The number of nitriles is 1. The number of allylic oxidation sites excluding steroid dienone is 1. The molecule has 0 spiro atoms. The third-order valence-electron chi connectivity index (χ3n) is 5.64. The number of carbonyl (C=O) groups excluding carboxylic acids is 3. The lowest BCUT2D eigenvalue weighted by molar-refractivity contribution is -0.150. The quantitative estimate of drug-likeness (QED) is 0.374. The molecule has 176 valence electrons. The molecule has 2 amide bonds. The fraction of sp³-hybridized carbons (Fsp3) is 0.154. The maximum absolute atomic E-state index is 12.9. The number of carbonyl (C=O) groups is 3. The lowest BCUT2D eigenvalue weighted by atomic mass is 9.78. The summed E-state index contributed by atoms with van der Waals surface area (Å²) >= 11 is 7.38. The Morgan fingerprint density at radius 2 is 1.83 bits per heavy atom. The number of benzene rings is 3. The molecule has 0 fully saturated rings. The molecule has 1 heterocycles. The van der Waals surface area contributed by atoms with Crippen molar-refractivity contribution >= 4 is 57.6 Å². The van der Waals surface area contributed by atoms with Gasteiger partial charge in [-0.3, -0.25) is 14.4 Å². The van der Waals surface area contributed by atoms with Crippen LogP contribution >= 0.6 is 23.4 Å². The Morgan fingerprint density at radius 1 is 1.11 bits per heavy atom. The molecule has 0 radical (unpaired) electrons. The number of nitrogens with one attached hydrogen (secondary N) is 2. The van der Waals surface area contributed by atoms with Crippen molar-refractivity contribution in [3.05, 3.63) is 87.9 Å². The summed E-state index contributed by atoms with van der Waals surface area (Å²) in [6.07, 6.45) is 0. The predicted octanol–water partition coefficient (Wildman–Crippen LogP) is 4.60. The Kier molecular flexibility index (Phi) is 7.39. The minimum Gasteiger partial charge on any atom is -0.468 e. The second-order valence-electron chi connectivity index (χ2n) is 7.71. The van der Waals surface area contributed by atoms with Gasteiger partial charge in [0.25, 0.3) is 0 Å². The van der Waals surface area contributed by atoms with E-state index >= 15 is 0 Å². The van der Waals surface area contributed by atoms with E-state index in [4.69, 9.17) is 16.3 Å². The Bertz CT molecular complexity index is 1390. The first-order chi connectivity index (χ1) is 16.9. The lowest BCUT2D eigenvalue weighted by Crippen LogP contribution is -2.44. The van der Waals surface area contributed by atoms with Gasteiger partial charge < -0.3 is 15.4 Å². The smallest absolute Gasteiger partial charge is 0.319 e. The summed E-state index contributed by atoms with van der Waals surface area (Å²) < 4.78 is 4.83. The lowest BCUT2D eigenvalue weighted by Gasteiger charge is -2.31. The van der Waals surface area contributed by atoms with Crippen LogP contribution < -0.4 is 10.6 Å². The SMILES string of the molecule is COC(=O)[C@H]1C(=O)NC(SCC(=O)Nc2cccc3ccccc23)=C(C#N)[C@@H]1c1ccccc1Cl. The van der Waals surface area contributed by atoms with Crippen LogP contribution in [0.3, 0.4) is 0 Å². The molecule has 35 heavy (non-hydrogen) atoms. The van der Waals surface area contributed by atoms with Crippen LogP contribution in [-0.4, -0.2) is 30.6 Å². The number of esters is 1. The average Bonchev–Trinajstić information content (AvgIpc) is 2.87. The monoisotopic (exact) mass is 505 g/mol. The number of methoxy groups -OCH3 is 1. The van der Waals surface area contributed by atoms with Gasteiger partial charge in [0.2, 0.25) is 11.8 Å². The summed E-state index contributed by atoms with van der Waals surface area (Å²) in [5.74, 6) is -4.02. The van der Waals surface area contributed by atoms with Gasteiger partial charge in [-0.1, -0.05) is 78.0 Å². The topological polar surface area (TPSA) is 108 Å². The van der Waals surface area contributed by atoms with Crippen LogP contribution in [0.4, 0.5) is 5.69 Å². The van der Waals surface area contributed by atoms with Crippen molar-refractivity contribution in [3.63, 3.8) is 0 Å². The molecule has 2 N–H and O–H groups in total. The molecule has 2 atom stereocenters. The van der Waals surface area contributed by atoms with Gasteiger partial charge in [0.05, 0.1) is 29.5 Å². The number of anilines is 1. The number of hydrogen-bond donors (Lipinski definition) is 2. The van der Waals surface area contributed by atoms with Gasteiger partial charge in [-0.05, 0) is 23.1 Å². The third-order valence-corrected chi connectivity index (χ3v) is 7.00. The van der Waals surface area contributed by atoms with E-state index in [9.17, 15) is 19.6 Å². The molecule has 1 aliphatic heterocycles. The Labute approximate surface area is 211 Å². The summed E-state index contributed by atoms with van der Waals surface area (Å²) in [7, 11) is 1.18. The van der Waals surface area contributed by atoms with E-state index in [1.807, 2.05) is 42.5 Å². The minimum absolute atomic E-state index is 0.0673. The van der Waals surface area contributed by atoms with E-state index in [2.05, 4.69) is 16.7 Å². The maximum atomic E-state index is 12.9. The maximum Gasteiger partial charge on any atom is 0.319 e. The van der Waals surface area contributed by atoms with E-state index in [0.29, 0.717) is 16.3 Å². The first kappa shape index (κ1) is 24.3. The first-order valence-corrected chi connectivity index (χ1v) is 12.0. The normalized spacial score (nSPS) is 17.5. The highest BCUT2D eigenvalue weighted by molar-refractivity contribution is 8.03. The molecule has 7 nitrogen and oxygen atoms in total. The molecule has 3 aromatic rings. The third kappa shape index (κ3) is 5.02. The summed E-state index contributed by atoms with van der Waals surface area (Å²) in [6, 6.07) is 22.1. The summed E-state index contributed by atoms with van der Waals surface area (Å²) in [5, 5.41) is 17.9. The van der Waals surface area contributed by atoms with Crippen LogP contribution in [0, 0.1) is 17.2 Å². The van der Waals surface area contributed by atoms with Crippen LogP contribution in [0.15, 0.2) is 77.3 Å². The highest BCUT2D eigenvalue weighted by Crippen LogP contribution is 2.42. The molecule has 0 bridgehead atoms. The van der Waals surface area contributed by atoms with Crippen molar-refractivity contribution in [2.24, 2.45) is 5.92 Å². The van der Waals surface area contributed by atoms with Crippen molar-refractivity contribution in [2.45, 2.75) is 5.92 Å². The molecule has 9 heteroatoms. The highest BCUT2D eigenvalue weighted by atomic mass is 35.5. The van der Waals surface area contributed by atoms with Crippen LogP contribution in [0.5, 0.6) is 0 Å². The number of fused-ring (bicyclic) bond motifs is 1. The number of amides is 2. The van der Waals surface area contributed by atoms with Gasteiger partial charge in [0.15, 0.2) is 0 Å². The minimum atomic E-state index is -1.29. The molecule has 1 aliphatic rings. The van der Waals surface area contributed by atoms with E-state index in [1.165, 1.54) is 7.11 Å². The van der Waals surface area contributed by atoms with Gasteiger partial charge in [0, 0.05) is 22.0 Å². The molecule has 0 aromatic heterocycles. The van der Waals surface area contributed by atoms with E-state index in [0.717, 1.165) is 22.5 Å². The van der Waals surface area contributed by atoms with Crippen molar-refractivity contribution < 1.29 is 19.1 Å². The second-order valence-corrected chi connectivity index (χ2v) is 9.10. The van der Waals surface area contributed by atoms with Gasteiger partial charge in [-0.15, -0.1) is 0 Å². The van der Waals surface area contributed by atoms with E-state index in [-0.39, 0.29) is 22.3 Å². The Hall–Kier alpha value is -3.80. The van der Waals surface area contributed by atoms with Crippen LogP contribution in [0.25, 0.3) is 10.8 Å². The van der Waals surface area contributed by atoms with Gasteiger partial charge in [-0.2, -0.15) is 5.26 Å². The fourth-order valence-electron chi connectivity index (χ4n) is 4.04. The molecule has 0 unspecified atom stereocenters. The van der Waals surface area contributed by atoms with Crippen LogP contribution in [0.1, 0.15) is 11.5 Å². The van der Waals surface area contributed by atoms with Gasteiger partial charge >= 0.3 is 5.97 Å². The molecule has 3 aromatic carbocycles. The Morgan fingerprint density at radius 3 is 2.57 bits per heavy atom. The molecular weight excluding hydrogens is 486 g/mol. The number of rotatable bonds is 6. The van der Waals surface area contributed by atoms with Crippen molar-refractivity contribution in [2.75, 3.05) is 18.2 Å². The van der Waals surface area contributed by atoms with Crippen LogP contribution in [-0.2, 0) is 19.1 Å². The molecule has 0 aliphatic carbocycles. The summed E-state index contributed by atoms with van der Waals surface area (Å²) in [5.41, 5.74) is 1.25. The standard InChI is InChI=1S/C26H20ClN3O4S/c1-34-26(33)23-22(17-10-4-5-11-19(17)27)18(13-28)25(30-24(23)32)35-14-21(31)29-20-12-6-8-15-7-2-3-9-16(15)20/h2-12,22-23H,14H2,1H3,(H,29,31)(H,30,32)/t22-,23+/m0/s1. The van der Waals surface area contributed by atoms with Crippen molar-refractivity contribution in [1.29, 1.82) is 5.26 Å². The Balaban J connectivity index is 1.62. The van der Waals surface area contributed by atoms with Gasteiger partial charge in [-0.25, -0.2) is 0 Å². The zero-order valence-corrected chi connectivity index (χ0v) is 20.2. The molecule has 0 saturated heterocycles. The summed E-state index contributed by atoms with van der Waals surface area (Å²) in [6.45, 7) is 0. The van der Waals surface area contributed by atoms with E-state index in [1.54, 1.807) is 24.3 Å². The van der Waals surface area contributed by atoms with Crippen LogP contribution in [0.2, 0.25) is 5.02 Å². The van der Waals surface area contributed by atoms with Crippen molar-refractivity contribution in [1.82, 2.24) is 5.32 Å². The second kappa shape index (κ2) is 10.6. The van der Waals surface area contributed by atoms with Crippen molar-refractivity contribution in [3.8, 4) is 6.07 Å². The zero-order valence-electron chi connectivity index (χ0n) is 18.6. The predicted molar refractivity (Wildman–Crippen MR) is 136 cm³/mol. The number of ether oxygens (including phenoxy) is 1. The number of halogens is 1. The first-order valence-electron chi connectivity index (χ1n) is 10.6. The number of hydrogen-bond acceptors (Lipinski definition) is 6. The average molecular weight is 506 g/mol. The largest absolute Gasteiger partial charge is 0.468 e. The molecular formula is C26H20ClN3O4S. The molecule has 0 saturated carbocycles. The zero-order chi connectivity index (χ0) is 24.9. The molecule has 4 rings (SSSR count).